The zero-order chi connectivity index (χ0) is 13.5. The van der Waals surface area contributed by atoms with Crippen molar-refractivity contribution in [2.45, 2.75) is 51.0 Å². The van der Waals surface area contributed by atoms with Crippen LogP contribution in [0.1, 0.15) is 51.1 Å². The Hall–Kier alpha value is -1.42. The highest BCUT2D eigenvalue weighted by molar-refractivity contribution is 5.51. The van der Waals surface area contributed by atoms with E-state index >= 15 is 0 Å². The monoisotopic (exact) mass is 259 g/mol. The molecule has 0 saturated heterocycles. The second-order valence-corrected chi connectivity index (χ2v) is 6.20. The molecule has 1 fully saturated rings. The van der Waals surface area contributed by atoms with Gasteiger partial charge in [0.25, 0.3) is 0 Å². The summed E-state index contributed by atoms with van der Waals surface area (Å²) < 4.78 is 2.03. The van der Waals surface area contributed by atoms with Crippen molar-refractivity contribution in [2.75, 3.05) is 0 Å². The standard InChI is InChI=1S/C15H21N3O/c1-15(2,19)12-5-3-11(4-6-12)14-13-9-16-7-8-18(13)10-17-14/h7-12,19H,3-6H2,1-2H3. The van der Waals surface area contributed by atoms with Crippen molar-refractivity contribution in [2.24, 2.45) is 5.92 Å². The molecule has 1 N–H and O–H groups in total. The van der Waals surface area contributed by atoms with E-state index in [0.717, 1.165) is 31.2 Å². The molecule has 2 aromatic heterocycles. The average molecular weight is 259 g/mol. The van der Waals surface area contributed by atoms with Crippen molar-refractivity contribution in [3.63, 3.8) is 0 Å². The first-order chi connectivity index (χ1) is 9.05. The van der Waals surface area contributed by atoms with Crippen LogP contribution in [-0.4, -0.2) is 25.1 Å². The molecule has 19 heavy (non-hydrogen) atoms. The van der Waals surface area contributed by atoms with Gasteiger partial charge in [-0.05, 0) is 45.4 Å². The molecule has 0 aliphatic heterocycles. The minimum atomic E-state index is -0.553. The first-order valence-corrected chi connectivity index (χ1v) is 7.04. The van der Waals surface area contributed by atoms with Gasteiger partial charge in [0.15, 0.2) is 0 Å². The highest BCUT2D eigenvalue weighted by atomic mass is 16.3. The molecule has 0 bridgehead atoms. The summed E-state index contributed by atoms with van der Waals surface area (Å²) in [7, 11) is 0. The van der Waals surface area contributed by atoms with Crippen LogP contribution in [0.4, 0.5) is 0 Å². The fourth-order valence-electron chi connectivity index (χ4n) is 3.25. The number of aliphatic hydroxyl groups is 1. The fourth-order valence-corrected chi connectivity index (χ4v) is 3.25. The summed E-state index contributed by atoms with van der Waals surface area (Å²) in [5.41, 5.74) is 1.74. The van der Waals surface area contributed by atoms with E-state index in [1.807, 2.05) is 37.0 Å². The second-order valence-electron chi connectivity index (χ2n) is 6.20. The van der Waals surface area contributed by atoms with Crippen LogP contribution >= 0.6 is 0 Å². The first-order valence-electron chi connectivity index (χ1n) is 7.04. The molecule has 0 amide bonds. The number of hydrogen-bond donors (Lipinski definition) is 1. The van der Waals surface area contributed by atoms with E-state index in [1.165, 1.54) is 5.69 Å². The summed E-state index contributed by atoms with van der Waals surface area (Å²) in [4.78, 5) is 8.76. The Bertz CT molecular complexity index is 562. The van der Waals surface area contributed by atoms with Crippen LogP contribution in [0.5, 0.6) is 0 Å². The number of fused-ring (bicyclic) bond motifs is 1. The lowest BCUT2D eigenvalue weighted by molar-refractivity contribution is -0.00165. The highest BCUT2D eigenvalue weighted by Gasteiger charge is 2.32. The van der Waals surface area contributed by atoms with Crippen LogP contribution in [-0.2, 0) is 0 Å². The molecule has 4 nitrogen and oxygen atoms in total. The smallest absolute Gasteiger partial charge is 0.0996 e. The summed E-state index contributed by atoms with van der Waals surface area (Å²) >= 11 is 0. The topological polar surface area (TPSA) is 50.4 Å². The lowest BCUT2D eigenvalue weighted by Crippen LogP contribution is -2.33. The van der Waals surface area contributed by atoms with Gasteiger partial charge in [-0.15, -0.1) is 0 Å². The van der Waals surface area contributed by atoms with Crippen LogP contribution < -0.4 is 0 Å². The Labute approximate surface area is 113 Å². The van der Waals surface area contributed by atoms with E-state index < -0.39 is 5.60 Å². The number of aromatic nitrogens is 3. The quantitative estimate of drug-likeness (QED) is 0.902. The van der Waals surface area contributed by atoms with Crippen molar-refractivity contribution in [1.82, 2.24) is 14.4 Å². The van der Waals surface area contributed by atoms with Gasteiger partial charge in [0.05, 0.1) is 29.3 Å². The Morgan fingerprint density at radius 1 is 1.26 bits per heavy atom. The van der Waals surface area contributed by atoms with Gasteiger partial charge in [-0.2, -0.15) is 0 Å². The summed E-state index contributed by atoms with van der Waals surface area (Å²) in [6.45, 7) is 3.85. The third kappa shape index (κ3) is 2.37. The number of imidazole rings is 1. The van der Waals surface area contributed by atoms with E-state index in [2.05, 4.69) is 9.97 Å². The highest BCUT2D eigenvalue weighted by Crippen LogP contribution is 2.40. The van der Waals surface area contributed by atoms with Crippen LogP contribution in [0.25, 0.3) is 5.52 Å². The number of rotatable bonds is 2. The van der Waals surface area contributed by atoms with Gasteiger partial charge in [0, 0.05) is 18.3 Å². The normalized spacial score (nSPS) is 24.8. The molecular weight excluding hydrogens is 238 g/mol. The number of nitrogens with zero attached hydrogens (tertiary/aromatic N) is 3. The maximum Gasteiger partial charge on any atom is 0.0996 e. The van der Waals surface area contributed by atoms with Crippen molar-refractivity contribution in [3.05, 3.63) is 30.6 Å². The molecule has 0 aromatic carbocycles. The molecule has 0 unspecified atom stereocenters. The Kier molecular flexibility index (Phi) is 3.05. The van der Waals surface area contributed by atoms with E-state index in [-0.39, 0.29) is 0 Å². The van der Waals surface area contributed by atoms with Gasteiger partial charge in [0.2, 0.25) is 0 Å². The molecule has 2 aromatic rings. The van der Waals surface area contributed by atoms with Gasteiger partial charge >= 0.3 is 0 Å². The summed E-state index contributed by atoms with van der Waals surface area (Å²) in [5.74, 6) is 0.920. The zero-order valence-corrected chi connectivity index (χ0v) is 11.6. The van der Waals surface area contributed by atoms with E-state index in [0.29, 0.717) is 11.8 Å². The average Bonchev–Trinajstić information content (AvgIpc) is 2.82. The Morgan fingerprint density at radius 3 is 2.68 bits per heavy atom. The van der Waals surface area contributed by atoms with Crippen molar-refractivity contribution in [3.8, 4) is 0 Å². The van der Waals surface area contributed by atoms with Gasteiger partial charge in [0.1, 0.15) is 0 Å². The molecule has 3 rings (SSSR count). The Balaban J connectivity index is 1.79. The minimum Gasteiger partial charge on any atom is -0.390 e. The molecule has 0 atom stereocenters. The van der Waals surface area contributed by atoms with Crippen molar-refractivity contribution < 1.29 is 5.11 Å². The van der Waals surface area contributed by atoms with Crippen LogP contribution in [0.15, 0.2) is 24.9 Å². The fraction of sp³-hybridized carbons (Fsp3) is 0.600. The number of hydrogen-bond acceptors (Lipinski definition) is 3. The summed E-state index contributed by atoms with van der Waals surface area (Å²) in [5, 5.41) is 10.1. The lowest BCUT2D eigenvalue weighted by atomic mass is 9.74. The third-order valence-corrected chi connectivity index (χ3v) is 4.48. The molecule has 1 saturated carbocycles. The van der Waals surface area contributed by atoms with E-state index in [4.69, 9.17) is 0 Å². The SMILES string of the molecule is CC(C)(O)C1CCC(c2ncn3ccncc23)CC1. The largest absolute Gasteiger partial charge is 0.390 e. The molecule has 1 aliphatic carbocycles. The zero-order valence-electron chi connectivity index (χ0n) is 11.6. The predicted octanol–water partition coefficient (Wildman–Crippen LogP) is 2.77. The maximum atomic E-state index is 10.1. The van der Waals surface area contributed by atoms with Gasteiger partial charge in [-0.1, -0.05) is 0 Å². The molecule has 0 radical (unpaired) electrons. The van der Waals surface area contributed by atoms with Gasteiger partial charge in [-0.25, -0.2) is 4.98 Å². The predicted molar refractivity (Wildman–Crippen MR) is 74.0 cm³/mol. The van der Waals surface area contributed by atoms with Crippen LogP contribution in [0.3, 0.4) is 0 Å². The third-order valence-electron chi connectivity index (χ3n) is 4.48. The minimum absolute atomic E-state index is 0.413. The molecule has 0 spiro atoms. The van der Waals surface area contributed by atoms with E-state index in [9.17, 15) is 5.11 Å². The second kappa shape index (κ2) is 4.60. The van der Waals surface area contributed by atoms with Gasteiger partial charge < -0.3 is 9.51 Å². The molecule has 4 heteroatoms. The van der Waals surface area contributed by atoms with Crippen LogP contribution in [0, 0.1) is 5.92 Å². The Morgan fingerprint density at radius 2 is 2.00 bits per heavy atom. The molecule has 1 aliphatic rings. The molecule has 2 heterocycles. The summed E-state index contributed by atoms with van der Waals surface area (Å²) in [6, 6.07) is 0. The summed E-state index contributed by atoms with van der Waals surface area (Å²) in [6.07, 6.45) is 11.9. The maximum absolute atomic E-state index is 10.1. The lowest BCUT2D eigenvalue weighted by Gasteiger charge is -2.35. The van der Waals surface area contributed by atoms with Crippen molar-refractivity contribution >= 4 is 5.52 Å². The van der Waals surface area contributed by atoms with Gasteiger partial charge in [-0.3, -0.25) is 4.98 Å². The first kappa shape index (κ1) is 12.6. The molecule has 102 valence electrons. The van der Waals surface area contributed by atoms with Crippen molar-refractivity contribution in [1.29, 1.82) is 0 Å². The molecular formula is C15H21N3O. The van der Waals surface area contributed by atoms with E-state index in [1.54, 1.807) is 6.20 Å². The van der Waals surface area contributed by atoms with Crippen LogP contribution in [0.2, 0.25) is 0 Å².